The molecule has 0 aliphatic heterocycles. The van der Waals surface area contributed by atoms with Crippen molar-refractivity contribution in [2.45, 2.75) is 75.9 Å². The second kappa shape index (κ2) is 9.04. The zero-order valence-electron chi connectivity index (χ0n) is 14.6. The summed E-state index contributed by atoms with van der Waals surface area (Å²) in [5, 5.41) is 5.19. The van der Waals surface area contributed by atoms with E-state index in [4.69, 9.17) is 11.6 Å². The molecule has 1 aromatic heterocycles. The highest BCUT2D eigenvalue weighted by atomic mass is 35.5. The monoisotopic (exact) mass is 382 g/mol. The van der Waals surface area contributed by atoms with E-state index in [0.717, 1.165) is 43.4 Å². The van der Waals surface area contributed by atoms with Gasteiger partial charge in [0.1, 0.15) is 11.9 Å². The third-order valence-corrected chi connectivity index (χ3v) is 6.56. The first kappa shape index (κ1) is 18.7. The lowest BCUT2D eigenvalue weighted by Crippen LogP contribution is -2.50. The Morgan fingerprint density at radius 3 is 2.44 bits per heavy atom. The van der Waals surface area contributed by atoms with E-state index >= 15 is 0 Å². The average molecular weight is 383 g/mol. The van der Waals surface area contributed by atoms with Gasteiger partial charge in [-0.05, 0) is 37.1 Å². The van der Waals surface area contributed by atoms with Crippen molar-refractivity contribution in [3.8, 4) is 0 Å². The molecule has 1 aromatic rings. The predicted molar refractivity (Wildman–Crippen MR) is 102 cm³/mol. The van der Waals surface area contributed by atoms with Crippen molar-refractivity contribution in [3.63, 3.8) is 0 Å². The van der Waals surface area contributed by atoms with E-state index in [1.165, 1.54) is 30.6 Å². The second-order valence-corrected chi connectivity index (χ2v) is 8.38. The topological polar surface area (TPSA) is 49.4 Å². The van der Waals surface area contributed by atoms with E-state index in [2.05, 4.69) is 5.32 Å². The van der Waals surface area contributed by atoms with Crippen molar-refractivity contribution >= 4 is 34.8 Å². The minimum absolute atomic E-state index is 0.0419. The molecular formula is C19H27ClN2O2S. The fourth-order valence-corrected chi connectivity index (χ4v) is 5.14. The largest absolute Gasteiger partial charge is 0.351 e. The van der Waals surface area contributed by atoms with E-state index < -0.39 is 6.04 Å². The van der Waals surface area contributed by atoms with Gasteiger partial charge in [-0.3, -0.25) is 9.59 Å². The van der Waals surface area contributed by atoms with Gasteiger partial charge >= 0.3 is 0 Å². The number of amides is 2. The molecule has 0 spiro atoms. The summed E-state index contributed by atoms with van der Waals surface area (Å²) in [6.07, 6.45) is 9.80. The van der Waals surface area contributed by atoms with Crippen molar-refractivity contribution < 1.29 is 9.59 Å². The highest BCUT2D eigenvalue weighted by Gasteiger charge is 2.38. The minimum Gasteiger partial charge on any atom is -0.351 e. The molecule has 1 N–H and O–H groups in total. The van der Waals surface area contributed by atoms with E-state index in [9.17, 15) is 9.59 Å². The standard InChI is InChI=1S/C19H27ClN2O2S/c20-13-17(23)22(15-9-4-5-10-15)18(16-11-6-12-25-16)19(24)21-14-7-2-1-3-8-14/h6,11-12,14-15,18H,1-5,7-10,13H2,(H,21,24). The maximum atomic E-state index is 13.2. The molecule has 0 radical (unpaired) electrons. The molecule has 2 saturated carbocycles. The van der Waals surface area contributed by atoms with E-state index in [1.807, 2.05) is 17.5 Å². The van der Waals surface area contributed by atoms with E-state index in [-0.39, 0.29) is 29.8 Å². The Kier molecular flexibility index (Phi) is 6.77. The molecule has 4 nitrogen and oxygen atoms in total. The lowest BCUT2D eigenvalue weighted by molar-refractivity contribution is -0.142. The van der Waals surface area contributed by atoms with E-state index in [1.54, 1.807) is 4.90 Å². The van der Waals surface area contributed by atoms with Crippen LogP contribution < -0.4 is 5.32 Å². The first-order chi connectivity index (χ1) is 12.2. The third kappa shape index (κ3) is 4.56. The summed E-state index contributed by atoms with van der Waals surface area (Å²) in [5.74, 6) is -0.250. The van der Waals surface area contributed by atoms with Crippen LogP contribution in [0.2, 0.25) is 0 Å². The summed E-state index contributed by atoms with van der Waals surface area (Å²) in [4.78, 5) is 28.5. The molecule has 2 fully saturated rings. The van der Waals surface area contributed by atoms with Crippen LogP contribution in [0.4, 0.5) is 0 Å². The Morgan fingerprint density at radius 1 is 1.16 bits per heavy atom. The minimum atomic E-state index is -0.545. The maximum absolute atomic E-state index is 13.2. The summed E-state index contributed by atoms with van der Waals surface area (Å²) >= 11 is 7.45. The molecule has 0 bridgehead atoms. The number of rotatable bonds is 6. The lowest BCUT2D eigenvalue weighted by Gasteiger charge is -2.36. The summed E-state index contributed by atoms with van der Waals surface area (Å²) in [7, 11) is 0. The highest BCUT2D eigenvalue weighted by molar-refractivity contribution is 7.10. The molecule has 1 unspecified atom stereocenters. The van der Waals surface area contributed by atoms with Crippen LogP contribution >= 0.6 is 22.9 Å². The summed E-state index contributed by atoms with van der Waals surface area (Å²) < 4.78 is 0. The molecule has 1 heterocycles. The normalized spacial score (nSPS) is 20.4. The van der Waals surface area contributed by atoms with Crippen LogP contribution in [-0.2, 0) is 9.59 Å². The Bertz CT molecular complexity index is 566. The van der Waals surface area contributed by atoms with Crippen molar-refractivity contribution in [3.05, 3.63) is 22.4 Å². The predicted octanol–water partition coefficient (Wildman–Crippen LogP) is 4.25. The highest BCUT2D eigenvalue weighted by Crippen LogP contribution is 2.34. The van der Waals surface area contributed by atoms with Crippen LogP contribution in [0.25, 0.3) is 0 Å². The zero-order chi connectivity index (χ0) is 17.6. The summed E-state index contributed by atoms with van der Waals surface area (Å²) in [6.45, 7) is 0. The first-order valence-corrected chi connectivity index (χ1v) is 10.8. The number of thiophene rings is 1. The fourth-order valence-electron chi connectivity index (χ4n) is 4.18. The Hall–Kier alpha value is -1.07. The smallest absolute Gasteiger partial charge is 0.248 e. The van der Waals surface area contributed by atoms with Gasteiger partial charge in [0.25, 0.3) is 0 Å². The molecule has 1 atom stereocenters. The molecule has 3 rings (SSSR count). The van der Waals surface area contributed by atoms with Crippen LogP contribution in [-0.4, -0.2) is 34.7 Å². The van der Waals surface area contributed by atoms with Crippen molar-refractivity contribution in [2.24, 2.45) is 0 Å². The van der Waals surface area contributed by atoms with Gasteiger partial charge in [0.05, 0.1) is 0 Å². The van der Waals surface area contributed by atoms with Crippen LogP contribution in [0.5, 0.6) is 0 Å². The number of carbonyl (C=O) groups excluding carboxylic acids is 2. The maximum Gasteiger partial charge on any atom is 0.248 e. The van der Waals surface area contributed by atoms with Gasteiger partial charge in [0, 0.05) is 17.0 Å². The van der Waals surface area contributed by atoms with Gasteiger partial charge in [-0.15, -0.1) is 22.9 Å². The van der Waals surface area contributed by atoms with Crippen molar-refractivity contribution in [2.75, 3.05) is 5.88 Å². The summed E-state index contributed by atoms with van der Waals surface area (Å²) in [6, 6.07) is 3.71. The Morgan fingerprint density at radius 2 is 1.84 bits per heavy atom. The number of halogens is 1. The number of nitrogens with zero attached hydrogens (tertiary/aromatic N) is 1. The Labute approximate surface area is 158 Å². The number of carbonyl (C=O) groups is 2. The van der Waals surface area contributed by atoms with Crippen LogP contribution in [0, 0.1) is 0 Å². The van der Waals surface area contributed by atoms with Crippen LogP contribution in [0.3, 0.4) is 0 Å². The molecule has 2 amide bonds. The van der Waals surface area contributed by atoms with Gasteiger partial charge in [-0.1, -0.05) is 38.2 Å². The molecule has 0 saturated heterocycles. The number of hydrogen-bond donors (Lipinski definition) is 1. The summed E-state index contributed by atoms with van der Waals surface area (Å²) in [5.41, 5.74) is 0. The SMILES string of the molecule is O=C(NC1CCCCC1)C(c1cccs1)N(C(=O)CCl)C1CCCC1. The van der Waals surface area contributed by atoms with E-state index in [0.29, 0.717) is 0 Å². The lowest BCUT2D eigenvalue weighted by atomic mass is 9.95. The van der Waals surface area contributed by atoms with Gasteiger partial charge < -0.3 is 10.2 Å². The Balaban J connectivity index is 1.84. The first-order valence-electron chi connectivity index (χ1n) is 9.41. The molecule has 0 aromatic carbocycles. The fraction of sp³-hybridized carbons (Fsp3) is 0.684. The number of hydrogen-bond acceptors (Lipinski definition) is 3. The molecule has 138 valence electrons. The van der Waals surface area contributed by atoms with Gasteiger partial charge in [0.2, 0.25) is 11.8 Å². The third-order valence-electron chi connectivity index (χ3n) is 5.41. The number of nitrogens with one attached hydrogen (secondary N) is 1. The van der Waals surface area contributed by atoms with Gasteiger partial charge in [-0.2, -0.15) is 0 Å². The molecular weight excluding hydrogens is 356 g/mol. The molecule has 25 heavy (non-hydrogen) atoms. The van der Waals surface area contributed by atoms with Crippen LogP contribution in [0.1, 0.15) is 68.7 Å². The van der Waals surface area contributed by atoms with Crippen molar-refractivity contribution in [1.29, 1.82) is 0 Å². The van der Waals surface area contributed by atoms with Crippen LogP contribution in [0.15, 0.2) is 17.5 Å². The molecule has 2 aliphatic rings. The van der Waals surface area contributed by atoms with Gasteiger partial charge in [-0.25, -0.2) is 0 Å². The molecule has 2 aliphatic carbocycles. The number of alkyl halides is 1. The quantitative estimate of drug-likeness (QED) is 0.748. The molecule has 6 heteroatoms. The second-order valence-electron chi connectivity index (χ2n) is 7.13. The zero-order valence-corrected chi connectivity index (χ0v) is 16.2. The average Bonchev–Trinajstić information content (AvgIpc) is 3.33. The van der Waals surface area contributed by atoms with Crippen molar-refractivity contribution in [1.82, 2.24) is 10.2 Å². The van der Waals surface area contributed by atoms with Gasteiger partial charge in [0.15, 0.2) is 0 Å².